The van der Waals surface area contributed by atoms with Gasteiger partial charge in [-0.05, 0) is 44.3 Å². The van der Waals surface area contributed by atoms with Gasteiger partial charge in [-0.3, -0.25) is 0 Å². The van der Waals surface area contributed by atoms with Gasteiger partial charge in [0.25, 0.3) is 0 Å². The Morgan fingerprint density at radius 3 is 2.33 bits per heavy atom. The van der Waals surface area contributed by atoms with Gasteiger partial charge >= 0.3 is 6.18 Å². The van der Waals surface area contributed by atoms with Crippen molar-refractivity contribution < 1.29 is 22.0 Å². The molecule has 100 valence electrons. The quantitative estimate of drug-likeness (QED) is 0.457. The lowest BCUT2D eigenvalue weighted by molar-refractivity contribution is -0.140. The smallest absolute Gasteiger partial charge is 0.419 e. The summed E-state index contributed by atoms with van der Waals surface area (Å²) in [6.07, 6.45) is -3.12. The summed E-state index contributed by atoms with van der Waals surface area (Å²) in [6, 6.07) is 2.88. The van der Waals surface area contributed by atoms with E-state index in [1.54, 1.807) is 13.0 Å². The van der Waals surface area contributed by atoms with Gasteiger partial charge in [-0.1, -0.05) is 0 Å². The summed E-state index contributed by atoms with van der Waals surface area (Å²) in [5.74, 6) is -0.911. The third-order valence-corrected chi connectivity index (χ3v) is 2.91. The first-order chi connectivity index (χ1) is 8.25. The van der Waals surface area contributed by atoms with Crippen molar-refractivity contribution in [1.29, 1.82) is 0 Å². The van der Waals surface area contributed by atoms with Crippen LogP contribution in [0.4, 0.5) is 17.6 Å². The van der Waals surface area contributed by atoms with Crippen LogP contribution in [0, 0.1) is 5.82 Å². The van der Waals surface area contributed by atoms with E-state index in [4.69, 9.17) is 4.43 Å². The maximum absolute atomic E-state index is 13.1. The van der Waals surface area contributed by atoms with E-state index in [9.17, 15) is 17.6 Å². The van der Waals surface area contributed by atoms with Crippen LogP contribution in [-0.2, 0) is 10.6 Å². The Morgan fingerprint density at radius 1 is 1.28 bits per heavy atom. The molecule has 0 unspecified atom stereocenters. The average molecular weight is 278 g/mol. The second-order valence-electron chi connectivity index (χ2n) is 4.01. The minimum absolute atomic E-state index is 0.243. The SMILES string of the molecule is CC=C(O[SiH](C)C)c1ccc(F)c(C(F)(F)F)c1. The number of hydrogen-bond acceptors (Lipinski definition) is 1. The molecule has 0 aromatic heterocycles. The Morgan fingerprint density at radius 2 is 1.89 bits per heavy atom. The van der Waals surface area contributed by atoms with Gasteiger partial charge in [-0.15, -0.1) is 0 Å². The van der Waals surface area contributed by atoms with Crippen LogP contribution in [0.1, 0.15) is 18.1 Å². The number of alkyl halides is 3. The molecule has 0 saturated heterocycles. The maximum Gasteiger partial charge on any atom is 0.419 e. The van der Waals surface area contributed by atoms with Crippen molar-refractivity contribution >= 4 is 14.8 Å². The Bertz CT molecular complexity index is 452. The predicted octanol–water partition coefficient (Wildman–Crippen LogP) is 4.21. The Kier molecular flexibility index (Phi) is 4.56. The van der Waals surface area contributed by atoms with Crippen molar-refractivity contribution in [3.63, 3.8) is 0 Å². The van der Waals surface area contributed by atoms with E-state index in [1.165, 1.54) is 6.07 Å². The molecule has 1 aromatic rings. The molecule has 0 N–H and O–H groups in total. The van der Waals surface area contributed by atoms with Gasteiger partial charge in [-0.2, -0.15) is 13.2 Å². The molecule has 0 fully saturated rings. The van der Waals surface area contributed by atoms with Gasteiger partial charge in [0.1, 0.15) is 11.6 Å². The van der Waals surface area contributed by atoms with E-state index in [2.05, 4.69) is 0 Å². The topological polar surface area (TPSA) is 9.23 Å². The molecular formula is C12H14F4OSi. The minimum Gasteiger partial charge on any atom is -0.547 e. The lowest BCUT2D eigenvalue weighted by Crippen LogP contribution is -2.10. The van der Waals surface area contributed by atoms with E-state index in [-0.39, 0.29) is 5.56 Å². The van der Waals surface area contributed by atoms with Crippen LogP contribution < -0.4 is 0 Å². The highest BCUT2D eigenvalue weighted by Crippen LogP contribution is 2.33. The first-order valence-corrected chi connectivity index (χ1v) is 8.24. The maximum atomic E-state index is 13.1. The number of benzene rings is 1. The number of rotatable bonds is 3. The first-order valence-electron chi connectivity index (χ1n) is 5.45. The fraction of sp³-hybridized carbons (Fsp3) is 0.333. The normalized spacial score (nSPS) is 13.0. The molecule has 0 atom stereocenters. The number of allylic oxidation sites excluding steroid dienone is 1. The van der Waals surface area contributed by atoms with Gasteiger partial charge in [0.2, 0.25) is 9.04 Å². The predicted molar refractivity (Wildman–Crippen MR) is 65.0 cm³/mol. The fourth-order valence-corrected chi connectivity index (χ4v) is 2.23. The summed E-state index contributed by atoms with van der Waals surface area (Å²) in [5, 5.41) is 0. The fourth-order valence-electron chi connectivity index (χ4n) is 1.45. The molecule has 0 saturated carbocycles. The zero-order chi connectivity index (χ0) is 13.9. The van der Waals surface area contributed by atoms with Crippen molar-refractivity contribution in [2.75, 3.05) is 0 Å². The van der Waals surface area contributed by atoms with E-state index in [1.807, 2.05) is 13.1 Å². The third-order valence-electron chi connectivity index (χ3n) is 2.18. The molecule has 6 heteroatoms. The Hall–Kier alpha value is -1.30. The molecule has 0 radical (unpaired) electrons. The summed E-state index contributed by atoms with van der Waals surface area (Å²) in [7, 11) is -1.43. The highest BCUT2D eigenvalue weighted by atomic mass is 28.3. The van der Waals surface area contributed by atoms with Gasteiger partial charge in [-0.25, -0.2) is 4.39 Å². The molecule has 0 amide bonds. The van der Waals surface area contributed by atoms with E-state index in [0.29, 0.717) is 5.76 Å². The number of halogens is 4. The summed E-state index contributed by atoms with van der Waals surface area (Å²) >= 11 is 0. The van der Waals surface area contributed by atoms with Crippen LogP contribution in [0.2, 0.25) is 13.1 Å². The highest BCUT2D eigenvalue weighted by Gasteiger charge is 2.34. The Balaban J connectivity index is 3.19. The molecule has 0 aliphatic rings. The summed E-state index contributed by atoms with van der Waals surface area (Å²) in [6.45, 7) is 5.47. The van der Waals surface area contributed by atoms with Gasteiger partial charge < -0.3 is 4.43 Å². The van der Waals surface area contributed by atoms with Crippen LogP contribution in [0.3, 0.4) is 0 Å². The van der Waals surface area contributed by atoms with Gasteiger partial charge in [0.15, 0.2) is 0 Å². The minimum atomic E-state index is -4.70. The van der Waals surface area contributed by atoms with Crippen LogP contribution in [0.25, 0.3) is 5.76 Å². The zero-order valence-corrected chi connectivity index (χ0v) is 11.5. The van der Waals surface area contributed by atoms with Crippen LogP contribution in [0.5, 0.6) is 0 Å². The van der Waals surface area contributed by atoms with Crippen molar-refractivity contribution in [3.8, 4) is 0 Å². The first kappa shape index (κ1) is 14.8. The van der Waals surface area contributed by atoms with Gasteiger partial charge in [0.05, 0.1) is 5.56 Å². The molecule has 1 rings (SSSR count). The van der Waals surface area contributed by atoms with Crippen molar-refractivity contribution in [2.24, 2.45) is 0 Å². The van der Waals surface area contributed by atoms with Crippen molar-refractivity contribution in [2.45, 2.75) is 26.2 Å². The number of hydrogen-bond donors (Lipinski definition) is 0. The van der Waals surface area contributed by atoms with E-state index < -0.39 is 26.6 Å². The lowest BCUT2D eigenvalue weighted by Gasteiger charge is -2.15. The second kappa shape index (κ2) is 5.56. The van der Waals surface area contributed by atoms with Crippen molar-refractivity contribution in [3.05, 3.63) is 41.2 Å². The second-order valence-corrected chi connectivity index (χ2v) is 6.35. The van der Waals surface area contributed by atoms with Crippen LogP contribution in [0.15, 0.2) is 24.3 Å². The largest absolute Gasteiger partial charge is 0.547 e. The molecule has 0 heterocycles. The van der Waals surface area contributed by atoms with Gasteiger partial charge in [0, 0.05) is 5.56 Å². The molecule has 0 spiro atoms. The molecule has 0 aliphatic heterocycles. The standard InChI is InChI=1S/C12H14F4OSi/c1-4-11(17-18(2)3)8-5-6-10(13)9(7-8)12(14,15)16/h4-7,18H,1-3H3. The third kappa shape index (κ3) is 3.59. The summed E-state index contributed by atoms with van der Waals surface area (Å²) in [4.78, 5) is 0. The summed E-state index contributed by atoms with van der Waals surface area (Å²) in [5.41, 5.74) is -1.03. The molecule has 1 aromatic carbocycles. The highest BCUT2D eigenvalue weighted by molar-refractivity contribution is 6.49. The molecule has 0 aliphatic carbocycles. The van der Waals surface area contributed by atoms with Crippen molar-refractivity contribution in [1.82, 2.24) is 0 Å². The molecular weight excluding hydrogens is 264 g/mol. The zero-order valence-electron chi connectivity index (χ0n) is 10.3. The molecule has 18 heavy (non-hydrogen) atoms. The lowest BCUT2D eigenvalue weighted by atomic mass is 10.1. The molecule has 0 bridgehead atoms. The van der Waals surface area contributed by atoms with E-state index in [0.717, 1.165) is 12.1 Å². The van der Waals surface area contributed by atoms with Crippen LogP contribution >= 0.6 is 0 Å². The average Bonchev–Trinajstić information content (AvgIpc) is 2.25. The summed E-state index contributed by atoms with van der Waals surface area (Å²) < 4.78 is 56.3. The van der Waals surface area contributed by atoms with Crippen LogP contribution in [-0.4, -0.2) is 9.04 Å². The van der Waals surface area contributed by atoms with E-state index >= 15 is 0 Å². The monoisotopic (exact) mass is 278 g/mol. The molecule has 1 nitrogen and oxygen atoms in total. The Labute approximate surface area is 105 Å².